The number of para-hydroxylation sites is 1. The molecule has 2 rings (SSSR count). The molecule has 2 atom stereocenters. The van der Waals surface area contributed by atoms with Crippen LogP contribution in [0.5, 0.6) is 5.75 Å². The van der Waals surface area contributed by atoms with Crippen molar-refractivity contribution in [1.82, 2.24) is 0 Å². The molecule has 0 radical (unpaired) electrons. The van der Waals surface area contributed by atoms with Crippen molar-refractivity contribution in [3.63, 3.8) is 0 Å². The molecular weight excluding hydrogens is 228 g/mol. The number of benzene rings is 1. The molecule has 3 nitrogen and oxygen atoms in total. The highest BCUT2D eigenvalue weighted by Gasteiger charge is 2.40. The monoisotopic (exact) mass is 250 g/mol. The van der Waals surface area contributed by atoms with Crippen LogP contribution in [0, 0.1) is 11.3 Å². The SMILES string of the molecule is CC(C)C1OC(c2ccccc2O)OCC1(C)C. The largest absolute Gasteiger partial charge is 0.507 e. The molecule has 1 aromatic rings. The van der Waals surface area contributed by atoms with Crippen LogP contribution >= 0.6 is 0 Å². The summed E-state index contributed by atoms with van der Waals surface area (Å²) in [5.41, 5.74) is 0.702. The third-order valence-corrected chi connectivity index (χ3v) is 3.44. The predicted molar refractivity (Wildman–Crippen MR) is 70.3 cm³/mol. The zero-order chi connectivity index (χ0) is 13.3. The Morgan fingerprint density at radius 3 is 2.56 bits per heavy atom. The Labute approximate surface area is 109 Å². The van der Waals surface area contributed by atoms with E-state index in [-0.39, 0.29) is 17.3 Å². The van der Waals surface area contributed by atoms with Crippen LogP contribution < -0.4 is 0 Å². The lowest BCUT2D eigenvalue weighted by atomic mass is 9.80. The second kappa shape index (κ2) is 4.90. The Morgan fingerprint density at radius 2 is 1.94 bits per heavy atom. The van der Waals surface area contributed by atoms with Crippen LogP contribution in [0.2, 0.25) is 0 Å². The van der Waals surface area contributed by atoms with Crippen molar-refractivity contribution in [3.05, 3.63) is 29.8 Å². The molecule has 18 heavy (non-hydrogen) atoms. The van der Waals surface area contributed by atoms with E-state index in [1.54, 1.807) is 12.1 Å². The van der Waals surface area contributed by atoms with Gasteiger partial charge in [0.1, 0.15) is 5.75 Å². The molecule has 1 fully saturated rings. The molecule has 100 valence electrons. The van der Waals surface area contributed by atoms with Crippen LogP contribution in [0.15, 0.2) is 24.3 Å². The van der Waals surface area contributed by atoms with Crippen LogP contribution in [0.3, 0.4) is 0 Å². The maximum atomic E-state index is 9.86. The molecule has 1 heterocycles. The summed E-state index contributed by atoms with van der Waals surface area (Å²) in [5, 5.41) is 9.86. The molecule has 2 unspecified atom stereocenters. The zero-order valence-corrected chi connectivity index (χ0v) is 11.5. The van der Waals surface area contributed by atoms with Crippen molar-refractivity contribution in [2.45, 2.75) is 40.1 Å². The van der Waals surface area contributed by atoms with Gasteiger partial charge in [0, 0.05) is 11.0 Å². The van der Waals surface area contributed by atoms with Crippen LogP contribution in [0.25, 0.3) is 0 Å². The third-order valence-electron chi connectivity index (χ3n) is 3.44. The van der Waals surface area contributed by atoms with Gasteiger partial charge in [-0.1, -0.05) is 45.9 Å². The van der Waals surface area contributed by atoms with E-state index >= 15 is 0 Å². The number of phenols is 1. The van der Waals surface area contributed by atoms with Gasteiger partial charge in [0.15, 0.2) is 6.29 Å². The minimum absolute atomic E-state index is 0.00489. The summed E-state index contributed by atoms with van der Waals surface area (Å²) in [5.74, 6) is 0.641. The van der Waals surface area contributed by atoms with Gasteiger partial charge < -0.3 is 14.6 Å². The first-order valence-electron chi connectivity index (χ1n) is 6.47. The van der Waals surface area contributed by atoms with Gasteiger partial charge in [-0.25, -0.2) is 0 Å². The second-order valence-corrected chi connectivity index (χ2v) is 5.99. The van der Waals surface area contributed by atoms with Crippen molar-refractivity contribution >= 4 is 0 Å². The Hall–Kier alpha value is -1.06. The van der Waals surface area contributed by atoms with E-state index in [0.29, 0.717) is 18.1 Å². The molecule has 1 saturated heterocycles. The average Bonchev–Trinajstić information content (AvgIpc) is 2.29. The summed E-state index contributed by atoms with van der Waals surface area (Å²) in [6.07, 6.45) is -0.345. The first kappa shape index (κ1) is 13.4. The fourth-order valence-corrected chi connectivity index (χ4v) is 2.64. The lowest BCUT2D eigenvalue weighted by molar-refractivity contribution is -0.274. The molecule has 1 aromatic carbocycles. The van der Waals surface area contributed by atoms with Gasteiger partial charge in [-0.05, 0) is 12.0 Å². The first-order chi connectivity index (χ1) is 8.42. The second-order valence-electron chi connectivity index (χ2n) is 5.99. The van der Waals surface area contributed by atoms with Gasteiger partial charge in [0.2, 0.25) is 0 Å². The topological polar surface area (TPSA) is 38.7 Å². The van der Waals surface area contributed by atoms with Gasteiger partial charge in [-0.15, -0.1) is 0 Å². The number of hydrogen-bond donors (Lipinski definition) is 1. The van der Waals surface area contributed by atoms with E-state index < -0.39 is 6.29 Å². The number of rotatable bonds is 2. The highest BCUT2D eigenvalue weighted by molar-refractivity contribution is 5.33. The van der Waals surface area contributed by atoms with Gasteiger partial charge in [0.25, 0.3) is 0 Å². The summed E-state index contributed by atoms with van der Waals surface area (Å²) < 4.78 is 11.8. The lowest BCUT2D eigenvalue weighted by Gasteiger charge is -2.44. The number of ether oxygens (including phenoxy) is 2. The highest BCUT2D eigenvalue weighted by atomic mass is 16.7. The predicted octanol–water partition coefficient (Wildman–Crippen LogP) is 3.49. The minimum atomic E-state index is -0.466. The van der Waals surface area contributed by atoms with Gasteiger partial charge in [-0.2, -0.15) is 0 Å². The Balaban J connectivity index is 2.21. The minimum Gasteiger partial charge on any atom is -0.507 e. The van der Waals surface area contributed by atoms with E-state index in [2.05, 4.69) is 27.7 Å². The molecular formula is C15H22O3. The first-order valence-corrected chi connectivity index (χ1v) is 6.47. The van der Waals surface area contributed by atoms with E-state index in [0.717, 1.165) is 0 Å². The third kappa shape index (κ3) is 2.52. The quantitative estimate of drug-likeness (QED) is 0.873. The molecule has 0 aromatic heterocycles. The Kier molecular flexibility index (Phi) is 3.64. The van der Waals surface area contributed by atoms with Gasteiger partial charge in [0.05, 0.1) is 12.7 Å². The number of hydrogen-bond acceptors (Lipinski definition) is 3. The molecule has 0 saturated carbocycles. The normalized spacial score (nSPS) is 27.4. The average molecular weight is 250 g/mol. The summed E-state index contributed by atoms with van der Waals surface area (Å²) >= 11 is 0. The maximum absolute atomic E-state index is 9.86. The van der Waals surface area contributed by atoms with Crippen molar-refractivity contribution in [1.29, 1.82) is 0 Å². The van der Waals surface area contributed by atoms with E-state index in [4.69, 9.17) is 9.47 Å². The van der Waals surface area contributed by atoms with Crippen molar-refractivity contribution in [2.24, 2.45) is 11.3 Å². The zero-order valence-electron chi connectivity index (χ0n) is 11.5. The number of aromatic hydroxyl groups is 1. The molecule has 0 bridgehead atoms. The fraction of sp³-hybridized carbons (Fsp3) is 0.600. The van der Waals surface area contributed by atoms with E-state index in [9.17, 15) is 5.11 Å². The summed E-state index contributed by atoms with van der Waals surface area (Å²) in [6.45, 7) is 9.24. The van der Waals surface area contributed by atoms with Crippen LogP contribution in [0.4, 0.5) is 0 Å². The summed E-state index contributed by atoms with van der Waals surface area (Å²) in [6, 6.07) is 7.18. The van der Waals surface area contributed by atoms with Crippen LogP contribution in [0.1, 0.15) is 39.5 Å². The Bertz CT molecular complexity index is 412. The summed E-state index contributed by atoms with van der Waals surface area (Å²) in [4.78, 5) is 0. The van der Waals surface area contributed by atoms with E-state index in [1.807, 2.05) is 12.1 Å². The smallest absolute Gasteiger partial charge is 0.187 e. The van der Waals surface area contributed by atoms with Gasteiger partial charge >= 0.3 is 0 Å². The molecule has 1 aliphatic rings. The van der Waals surface area contributed by atoms with E-state index in [1.165, 1.54) is 0 Å². The van der Waals surface area contributed by atoms with Crippen molar-refractivity contribution in [3.8, 4) is 5.75 Å². The van der Waals surface area contributed by atoms with Crippen LogP contribution in [-0.4, -0.2) is 17.8 Å². The van der Waals surface area contributed by atoms with Gasteiger partial charge in [-0.3, -0.25) is 0 Å². The molecule has 0 amide bonds. The molecule has 0 spiro atoms. The molecule has 3 heteroatoms. The van der Waals surface area contributed by atoms with Crippen molar-refractivity contribution in [2.75, 3.05) is 6.61 Å². The molecule has 1 aliphatic heterocycles. The molecule has 0 aliphatic carbocycles. The van der Waals surface area contributed by atoms with Crippen LogP contribution in [-0.2, 0) is 9.47 Å². The lowest BCUT2D eigenvalue weighted by Crippen LogP contribution is -2.45. The highest BCUT2D eigenvalue weighted by Crippen LogP contribution is 2.41. The van der Waals surface area contributed by atoms with Crippen molar-refractivity contribution < 1.29 is 14.6 Å². The Morgan fingerprint density at radius 1 is 1.28 bits per heavy atom. The standard InChI is InChI=1S/C15H22O3/c1-10(2)13-15(3,4)9-17-14(18-13)11-7-5-6-8-12(11)16/h5-8,10,13-14,16H,9H2,1-4H3. The number of phenolic OH excluding ortho intramolecular Hbond substituents is 1. The fourth-order valence-electron chi connectivity index (χ4n) is 2.64. The molecule has 1 N–H and O–H groups in total. The summed E-state index contributed by atoms with van der Waals surface area (Å²) in [7, 11) is 0. The maximum Gasteiger partial charge on any atom is 0.187 e.